The van der Waals surface area contributed by atoms with Crippen LogP contribution in [0.25, 0.3) is 11.1 Å². The molecule has 0 N–H and O–H groups in total. The maximum absolute atomic E-state index is 5.98. The van der Waals surface area contributed by atoms with E-state index in [0.29, 0.717) is 0 Å². The number of fused-ring (bicyclic) bond motifs is 3. The molecule has 2 aromatic rings. The first kappa shape index (κ1) is 13.7. The molecule has 0 unspecified atom stereocenters. The third-order valence-corrected chi connectivity index (χ3v) is 4.13. The predicted octanol–water partition coefficient (Wildman–Crippen LogP) is 4.78. The Morgan fingerprint density at radius 2 is 1.70 bits per heavy atom. The van der Waals surface area contributed by atoms with Crippen molar-refractivity contribution in [2.24, 2.45) is 0 Å². The van der Waals surface area contributed by atoms with Crippen molar-refractivity contribution in [2.75, 3.05) is 17.0 Å². The van der Waals surface area contributed by atoms with Crippen LogP contribution >= 0.6 is 15.9 Å². The largest absolute Gasteiger partial charge is 0.273 e. The van der Waals surface area contributed by atoms with E-state index in [1.54, 1.807) is 0 Å². The lowest BCUT2D eigenvalue weighted by molar-refractivity contribution is 0.101. The fraction of sp³-hybridized carbons (Fsp3) is 0.294. The molecule has 0 atom stereocenters. The molecule has 20 heavy (non-hydrogen) atoms. The number of nitrogens with zero attached hydrogens (tertiary/aromatic N) is 1. The summed E-state index contributed by atoms with van der Waals surface area (Å²) in [4.78, 5) is 5.98. The Hall–Kier alpha value is -1.32. The van der Waals surface area contributed by atoms with Gasteiger partial charge in [0.1, 0.15) is 0 Å². The van der Waals surface area contributed by atoms with Gasteiger partial charge in [0.05, 0.1) is 18.8 Å². The molecule has 0 aliphatic carbocycles. The fourth-order valence-electron chi connectivity index (χ4n) is 2.57. The lowest BCUT2D eigenvalue weighted by Crippen LogP contribution is -2.27. The van der Waals surface area contributed by atoms with Crippen LogP contribution in [0.3, 0.4) is 0 Å². The smallest absolute Gasteiger partial charge is 0.0749 e. The number of benzene rings is 2. The van der Waals surface area contributed by atoms with Gasteiger partial charge in [-0.25, -0.2) is 5.06 Å². The summed E-state index contributed by atoms with van der Waals surface area (Å²) in [5, 5.41) is 3.07. The zero-order chi connectivity index (χ0) is 13.8. The fourth-order valence-corrected chi connectivity index (χ4v) is 2.96. The number of hydroxylamine groups is 1. The van der Waals surface area contributed by atoms with Gasteiger partial charge in [0, 0.05) is 10.9 Å². The van der Waals surface area contributed by atoms with Gasteiger partial charge in [-0.05, 0) is 30.0 Å². The average molecular weight is 332 g/mol. The van der Waals surface area contributed by atoms with Gasteiger partial charge in [0.25, 0.3) is 0 Å². The van der Waals surface area contributed by atoms with E-state index >= 15 is 0 Å². The van der Waals surface area contributed by atoms with Crippen molar-refractivity contribution in [3.8, 4) is 11.1 Å². The van der Waals surface area contributed by atoms with E-state index in [-0.39, 0.29) is 0 Å². The molecule has 1 aliphatic rings. The van der Waals surface area contributed by atoms with Gasteiger partial charge in [0.15, 0.2) is 0 Å². The predicted molar refractivity (Wildman–Crippen MR) is 87.0 cm³/mol. The molecule has 1 aliphatic heterocycles. The minimum Gasteiger partial charge on any atom is -0.273 e. The van der Waals surface area contributed by atoms with E-state index in [9.17, 15) is 0 Å². The molecule has 0 saturated heterocycles. The van der Waals surface area contributed by atoms with Crippen LogP contribution in [-0.4, -0.2) is 11.9 Å². The minimum atomic E-state index is 0.766. The van der Waals surface area contributed by atoms with Crippen LogP contribution in [-0.2, 0) is 11.4 Å². The second-order valence-electron chi connectivity index (χ2n) is 4.94. The summed E-state index contributed by atoms with van der Waals surface area (Å²) >= 11 is 3.45. The van der Waals surface area contributed by atoms with Gasteiger partial charge in [-0.15, -0.1) is 0 Å². The van der Waals surface area contributed by atoms with Crippen molar-refractivity contribution < 1.29 is 4.84 Å². The van der Waals surface area contributed by atoms with Crippen LogP contribution in [0, 0.1) is 0 Å². The number of rotatable bonds is 5. The van der Waals surface area contributed by atoms with Gasteiger partial charge in [-0.3, -0.25) is 4.84 Å². The first-order valence-corrected chi connectivity index (χ1v) is 8.16. The molecule has 1 heterocycles. The zero-order valence-corrected chi connectivity index (χ0v) is 13.0. The van der Waals surface area contributed by atoms with Crippen LogP contribution in [0.15, 0.2) is 48.5 Å². The van der Waals surface area contributed by atoms with Gasteiger partial charge < -0.3 is 0 Å². The van der Waals surface area contributed by atoms with Crippen molar-refractivity contribution in [3.05, 3.63) is 54.1 Å². The SMILES string of the molecule is BrCCCCON1Cc2ccccc2-c2ccccc21. The molecule has 104 valence electrons. The van der Waals surface area contributed by atoms with Gasteiger partial charge >= 0.3 is 0 Å². The summed E-state index contributed by atoms with van der Waals surface area (Å²) in [7, 11) is 0. The molecule has 3 rings (SSSR count). The average Bonchev–Trinajstić information content (AvgIpc) is 2.51. The number of hydrogen-bond donors (Lipinski definition) is 0. The van der Waals surface area contributed by atoms with Crippen molar-refractivity contribution in [1.29, 1.82) is 0 Å². The topological polar surface area (TPSA) is 12.5 Å². The summed E-state index contributed by atoms with van der Waals surface area (Å²) in [5.41, 5.74) is 5.08. The highest BCUT2D eigenvalue weighted by molar-refractivity contribution is 9.09. The van der Waals surface area contributed by atoms with Crippen LogP contribution in [0.4, 0.5) is 5.69 Å². The normalized spacial score (nSPS) is 12.9. The van der Waals surface area contributed by atoms with Crippen LogP contribution < -0.4 is 5.06 Å². The molecule has 0 spiro atoms. The second-order valence-corrected chi connectivity index (χ2v) is 5.73. The first-order valence-electron chi connectivity index (χ1n) is 7.04. The van der Waals surface area contributed by atoms with Crippen molar-refractivity contribution >= 4 is 21.6 Å². The highest BCUT2D eigenvalue weighted by atomic mass is 79.9. The Labute approximate surface area is 128 Å². The molecule has 2 aromatic carbocycles. The summed E-state index contributed by atoms with van der Waals surface area (Å²) in [5.74, 6) is 0. The molecule has 0 amide bonds. The monoisotopic (exact) mass is 331 g/mol. The standard InChI is InChI=1S/C17H18BrNO/c18-11-5-6-12-20-19-13-14-7-1-2-8-15(14)16-9-3-4-10-17(16)19/h1-4,7-10H,5-6,11-13H2. The molecular weight excluding hydrogens is 314 g/mol. The van der Waals surface area contributed by atoms with Crippen LogP contribution in [0.1, 0.15) is 18.4 Å². The summed E-state index contributed by atoms with van der Waals surface area (Å²) < 4.78 is 0. The summed E-state index contributed by atoms with van der Waals surface area (Å²) in [6.07, 6.45) is 2.22. The number of halogens is 1. The summed E-state index contributed by atoms with van der Waals surface area (Å²) in [6.45, 7) is 1.59. The lowest BCUT2D eigenvalue weighted by atomic mass is 9.95. The Morgan fingerprint density at radius 1 is 0.950 bits per heavy atom. The van der Waals surface area contributed by atoms with E-state index < -0.39 is 0 Å². The van der Waals surface area contributed by atoms with Gasteiger partial charge in [0.2, 0.25) is 0 Å². The maximum Gasteiger partial charge on any atom is 0.0749 e. The maximum atomic E-state index is 5.98. The highest BCUT2D eigenvalue weighted by Gasteiger charge is 2.21. The molecule has 3 heteroatoms. The molecule has 2 nitrogen and oxygen atoms in total. The van der Waals surface area contributed by atoms with Gasteiger partial charge in [-0.2, -0.15) is 0 Å². The molecule has 0 radical (unpaired) electrons. The van der Waals surface area contributed by atoms with Crippen molar-refractivity contribution in [1.82, 2.24) is 0 Å². The number of para-hydroxylation sites is 1. The minimum absolute atomic E-state index is 0.766. The van der Waals surface area contributed by atoms with E-state index in [4.69, 9.17) is 4.84 Å². The van der Waals surface area contributed by atoms with E-state index in [0.717, 1.165) is 31.3 Å². The summed E-state index contributed by atoms with van der Waals surface area (Å²) in [6, 6.07) is 17.0. The molecule has 0 aromatic heterocycles. The Morgan fingerprint density at radius 3 is 2.55 bits per heavy atom. The number of hydrogen-bond acceptors (Lipinski definition) is 2. The highest BCUT2D eigenvalue weighted by Crippen LogP contribution is 2.38. The number of unbranched alkanes of at least 4 members (excludes halogenated alkanes) is 1. The third-order valence-electron chi connectivity index (χ3n) is 3.57. The van der Waals surface area contributed by atoms with E-state index in [1.807, 2.05) is 5.06 Å². The molecular formula is C17H18BrNO. The molecule has 0 fully saturated rings. The Kier molecular flexibility index (Phi) is 4.38. The zero-order valence-electron chi connectivity index (χ0n) is 11.4. The first-order chi connectivity index (χ1) is 9.90. The van der Waals surface area contributed by atoms with E-state index in [2.05, 4.69) is 64.5 Å². The molecule has 0 saturated carbocycles. The third kappa shape index (κ3) is 2.74. The van der Waals surface area contributed by atoms with Crippen LogP contribution in [0.2, 0.25) is 0 Å². The Balaban J connectivity index is 1.85. The second kappa shape index (κ2) is 6.42. The Bertz CT molecular complexity index is 585. The van der Waals surface area contributed by atoms with E-state index in [1.165, 1.54) is 22.4 Å². The number of alkyl halides is 1. The quantitative estimate of drug-likeness (QED) is 0.577. The van der Waals surface area contributed by atoms with Crippen LogP contribution in [0.5, 0.6) is 0 Å². The van der Waals surface area contributed by atoms with Gasteiger partial charge in [-0.1, -0.05) is 58.4 Å². The number of anilines is 1. The van der Waals surface area contributed by atoms with Crippen molar-refractivity contribution in [2.45, 2.75) is 19.4 Å². The lowest BCUT2D eigenvalue weighted by Gasteiger charge is -2.31. The molecule has 0 bridgehead atoms. The van der Waals surface area contributed by atoms with Crippen molar-refractivity contribution in [3.63, 3.8) is 0 Å².